The summed E-state index contributed by atoms with van der Waals surface area (Å²) in [6, 6.07) is 6.71. The number of H-pyrrole nitrogens is 2. The average molecular weight is 425 g/mol. The van der Waals surface area contributed by atoms with Gasteiger partial charge < -0.3 is 25.4 Å². The van der Waals surface area contributed by atoms with Crippen LogP contribution in [0.5, 0.6) is 0 Å². The number of nitrogens with one attached hydrogen (secondary N) is 4. The van der Waals surface area contributed by atoms with Crippen LogP contribution in [0.3, 0.4) is 0 Å². The smallest absolute Gasteiger partial charge is 0.307 e. The number of imidazole rings is 1. The summed E-state index contributed by atoms with van der Waals surface area (Å²) in [7, 11) is 0. The maximum Gasteiger partial charge on any atom is 0.307 e. The maximum atomic E-state index is 9.78. The number of rotatable bonds is 5. The zero-order valence-corrected chi connectivity index (χ0v) is 17.8. The maximum absolute atomic E-state index is 9.78. The number of anilines is 4. The summed E-state index contributed by atoms with van der Waals surface area (Å²) in [5.41, 5.74) is 4.94. The van der Waals surface area contributed by atoms with Crippen molar-refractivity contribution in [3.63, 3.8) is 0 Å². The summed E-state index contributed by atoms with van der Waals surface area (Å²) in [6.45, 7) is 5.48. The van der Waals surface area contributed by atoms with Crippen molar-refractivity contribution in [2.75, 3.05) is 41.8 Å². The van der Waals surface area contributed by atoms with Crippen LogP contribution >= 0.6 is 0 Å². The third kappa shape index (κ3) is 4.42. The van der Waals surface area contributed by atoms with Gasteiger partial charge >= 0.3 is 11.6 Å². The van der Waals surface area contributed by atoms with Crippen LogP contribution in [-0.4, -0.2) is 58.5 Å². The van der Waals surface area contributed by atoms with Crippen molar-refractivity contribution in [1.29, 1.82) is 0 Å². The summed E-state index contributed by atoms with van der Waals surface area (Å²) in [6.07, 6.45) is 5.10. The normalized spacial score (nSPS) is 21.9. The van der Waals surface area contributed by atoms with Gasteiger partial charge in [-0.3, -0.25) is 4.98 Å². The molecule has 164 valence electrons. The molecule has 9 heteroatoms. The second-order valence-electron chi connectivity index (χ2n) is 8.43. The van der Waals surface area contributed by atoms with Crippen LogP contribution < -0.4 is 20.5 Å². The number of aromatic amines is 2. The molecule has 3 aromatic rings. The van der Waals surface area contributed by atoms with Crippen molar-refractivity contribution in [3.8, 4) is 0 Å². The highest BCUT2D eigenvalue weighted by Crippen LogP contribution is 2.28. The minimum Gasteiger partial charge on any atom is -0.393 e. The molecular formula is C22H30N7O2+. The van der Waals surface area contributed by atoms with E-state index in [1.165, 1.54) is 5.69 Å². The molecule has 1 aliphatic heterocycles. The molecule has 0 amide bonds. The average Bonchev–Trinajstić information content (AvgIpc) is 3.26. The van der Waals surface area contributed by atoms with Gasteiger partial charge in [0.1, 0.15) is 0 Å². The second kappa shape index (κ2) is 8.68. The molecule has 31 heavy (non-hydrogen) atoms. The van der Waals surface area contributed by atoms with Gasteiger partial charge in [-0.1, -0.05) is 4.98 Å². The summed E-state index contributed by atoms with van der Waals surface area (Å²) in [4.78, 5) is 18.1. The first-order valence-corrected chi connectivity index (χ1v) is 11.1. The second-order valence-corrected chi connectivity index (χ2v) is 8.43. The molecule has 0 unspecified atom stereocenters. The van der Waals surface area contributed by atoms with Gasteiger partial charge in [-0.15, -0.1) is 0 Å². The van der Waals surface area contributed by atoms with Crippen LogP contribution in [-0.2, 0) is 4.74 Å². The summed E-state index contributed by atoms with van der Waals surface area (Å²) < 4.78 is 5.46. The van der Waals surface area contributed by atoms with E-state index in [4.69, 9.17) is 9.72 Å². The SMILES string of the molecule is Cc1cc(N2CCOCC2)ccc1Nc1nc(NC2CCC(O)CC2)c2[nH]c[nH+]c2n1. The number of hydrogen-bond acceptors (Lipinski definition) is 7. The van der Waals surface area contributed by atoms with E-state index in [9.17, 15) is 5.11 Å². The predicted octanol–water partition coefficient (Wildman–Crippen LogP) is 2.38. The van der Waals surface area contributed by atoms with E-state index in [0.29, 0.717) is 12.0 Å². The van der Waals surface area contributed by atoms with E-state index in [1.807, 2.05) is 0 Å². The van der Waals surface area contributed by atoms with Crippen LogP contribution in [0.2, 0.25) is 0 Å². The van der Waals surface area contributed by atoms with E-state index in [0.717, 1.165) is 80.2 Å². The molecule has 3 heterocycles. The van der Waals surface area contributed by atoms with Crippen molar-refractivity contribution < 1.29 is 14.8 Å². The number of aryl methyl sites for hydroxylation is 1. The Balaban J connectivity index is 1.36. The Morgan fingerprint density at radius 2 is 1.97 bits per heavy atom. The number of aliphatic hydroxyl groups is 1. The van der Waals surface area contributed by atoms with Crippen molar-refractivity contribution in [2.24, 2.45) is 0 Å². The lowest BCUT2D eigenvalue weighted by atomic mass is 9.93. The molecule has 9 nitrogen and oxygen atoms in total. The summed E-state index contributed by atoms with van der Waals surface area (Å²) in [5, 5.41) is 16.7. The van der Waals surface area contributed by atoms with E-state index in [2.05, 4.69) is 55.6 Å². The molecule has 1 aromatic carbocycles. The number of aromatic nitrogens is 4. The lowest BCUT2D eigenvalue weighted by molar-refractivity contribution is -0.347. The van der Waals surface area contributed by atoms with Gasteiger partial charge in [-0.05, 0) is 56.4 Å². The van der Waals surface area contributed by atoms with Crippen molar-refractivity contribution in [3.05, 3.63) is 30.1 Å². The molecular weight excluding hydrogens is 394 g/mol. The molecule has 0 atom stereocenters. The first kappa shape index (κ1) is 20.0. The Labute approximate surface area is 181 Å². The molecule has 1 aliphatic carbocycles. The van der Waals surface area contributed by atoms with E-state index < -0.39 is 0 Å². The minimum atomic E-state index is -0.178. The number of morpholine rings is 1. The van der Waals surface area contributed by atoms with Gasteiger partial charge in [0.05, 0.1) is 19.3 Å². The topological polar surface area (TPSA) is 112 Å². The van der Waals surface area contributed by atoms with Gasteiger partial charge in [-0.25, -0.2) is 4.98 Å². The summed E-state index contributed by atoms with van der Waals surface area (Å²) in [5.74, 6) is 1.32. The molecule has 1 saturated heterocycles. The monoisotopic (exact) mass is 424 g/mol. The van der Waals surface area contributed by atoms with Crippen molar-refractivity contribution in [2.45, 2.75) is 44.8 Å². The fraction of sp³-hybridized carbons (Fsp3) is 0.500. The molecule has 1 saturated carbocycles. The zero-order valence-electron chi connectivity index (χ0n) is 17.8. The quantitative estimate of drug-likeness (QED) is 0.497. The Hall–Kier alpha value is -2.91. The third-order valence-electron chi connectivity index (χ3n) is 6.20. The van der Waals surface area contributed by atoms with Crippen LogP contribution in [0.1, 0.15) is 31.2 Å². The van der Waals surface area contributed by atoms with Gasteiger partial charge in [0.25, 0.3) is 0 Å². The molecule has 0 radical (unpaired) electrons. The Bertz CT molecular complexity index is 1040. The molecule has 0 bridgehead atoms. The van der Waals surface area contributed by atoms with Gasteiger partial charge in [0.2, 0.25) is 5.52 Å². The van der Waals surface area contributed by atoms with Crippen molar-refractivity contribution in [1.82, 2.24) is 15.0 Å². The third-order valence-corrected chi connectivity index (χ3v) is 6.20. The lowest BCUT2D eigenvalue weighted by Crippen LogP contribution is -2.36. The lowest BCUT2D eigenvalue weighted by Gasteiger charge is -2.29. The van der Waals surface area contributed by atoms with E-state index in [-0.39, 0.29) is 6.10 Å². The number of fused-ring (bicyclic) bond motifs is 1. The number of hydrogen-bond donors (Lipinski definition) is 4. The molecule has 2 aromatic heterocycles. The minimum absolute atomic E-state index is 0.178. The van der Waals surface area contributed by atoms with Crippen LogP contribution in [0.4, 0.5) is 23.1 Å². The summed E-state index contributed by atoms with van der Waals surface area (Å²) >= 11 is 0. The first-order chi connectivity index (χ1) is 15.2. The van der Waals surface area contributed by atoms with Crippen LogP contribution in [0, 0.1) is 6.92 Å². The Morgan fingerprint density at radius 3 is 2.74 bits per heavy atom. The Kier molecular flexibility index (Phi) is 5.61. The van der Waals surface area contributed by atoms with Crippen LogP contribution in [0.25, 0.3) is 11.2 Å². The molecule has 0 spiro atoms. The molecule has 2 fully saturated rings. The number of aliphatic hydroxyl groups excluding tert-OH is 1. The van der Waals surface area contributed by atoms with Gasteiger partial charge in [0, 0.05) is 30.5 Å². The van der Waals surface area contributed by atoms with E-state index in [1.54, 1.807) is 6.33 Å². The molecule has 5 N–H and O–H groups in total. The molecule has 5 rings (SSSR count). The highest BCUT2D eigenvalue weighted by atomic mass is 16.5. The highest BCUT2D eigenvalue weighted by Gasteiger charge is 2.23. The largest absolute Gasteiger partial charge is 0.393 e. The fourth-order valence-corrected chi connectivity index (χ4v) is 4.38. The van der Waals surface area contributed by atoms with Gasteiger partial charge in [-0.2, -0.15) is 4.98 Å². The number of benzene rings is 1. The van der Waals surface area contributed by atoms with Crippen molar-refractivity contribution >= 4 is 34.3 Å². The number of ether oxygens (including phenoxy) is 1. The fourth-order valence-electron chi connectivity index (χ4n) is 4.38. The zero-order chi connectivity index (χ0) is 21.2. The van der Waals surface area contributed by atoms with Gasteiger partial charge in [0.15, 0.2) is 12.1 Å². The predicted molar refractivity (Wildman–Crippen MR) is 120 cm³/mol. The van der Waals surface area contributed by atoms with E-state index >= 15 is 0 Å². The Morgan fingerprint density at radius 1 is 1.16 bits per heavy atom. The number of nitrogens with zero attached hydrogens (tertiary/aromatic N) is 3. The first-order valence-electron chi connectivity index (χ1n) is 11.1. The standard InChI is InChI=1S/C22H29N7O2/c1-14-12-16(29-8-10-31-11-9-29)4-7-18(14)26-22-27-20-19(23-13-24-20)21(28-22)25-15-2-5-17(30)6-3-15/h4,7,12-13,15,17,30H,2-3,5-6,8-11H2,1H3,(H3,23,24,25,26,27,28)/p+1. The van der Waals surface area contributed by atoms with Crippen LogP contribution in [0.15, 0.2) is 24.5 Å². The highest BCUT2D eigenvalue weighted by molar-refractivity contribution is 5.82. The molecule has 2 aliphatic rings.